The maximum absolute atomic E-state index is 13.1. The Morgan fingerprint density at radius 1 is 1.53 bits per heavy atom. The van der Waals surface area contributed by atoms with E-state index in [0.29, 0.717) is 6.54 Å². The molecule has 1 saturated heterocycles. The summed E-state index contributed by atoms with van der Waals surface area (Å²) in [5.41, 5.74) is 0. The van der Waals surface area contributed by atoms with Crippen LogP contribution in [0.2, 0.25) is 5.02 Å². The van der Waals surface area contributed by atoms with E-state index in [2.05, 4.69) is 5.32 Å². The zero-order valence-electron chi connectivity index (χ0n) is 9.21. The third-order valence-electron chi connectivity index (χ3n) is 2.74. The second-order valence-corrected chi connectivity index (χ2v) is 4.45. The van der Waals surface area contributed by atoms with Gasteiger partial charge in [-0.3, -0.25) is 4.79 Å². The molecule has 0 unspecified atom stereocenters. The van der Waals surface area contributed by atoms with Crippen molar-refractivity contribution < 1.29 is 13.9 Å². The van der Waals surface area contributed by atoms with Gasteiger partial charge in [-0.2, -0.15) is 0 Å². The number of rotatable bonds is 2. The summed E-state index contributed by atoms with van der Waals surface area (Å²) in [6.45, 7) is 1.55. The van der Waals surface area contributed by atoms with Gasteiger partial charge in [0.05, 0.1) is 10.9 Å². The number of benzene rings is 1. The second-order valence-electron chi connectivity index (χ2n) is 4.04. The molecule has 1 atom stereocenters. The number of piperidine rings is 1. The molecule has 0 radical (unpaired) electrons. The summed E-state index contributed by atoms with van der Waals surface area (Å²) in [4.78, 5) is 11.7. The smallest absolute Gasteiger partial charge is 0.315 e. The Kier molecular flexibility index (Phi) is 3.97. The van der Waals surface area contributed by atoms with E-state index in [1.165, 1.54) is 12.1 Å². The molecule has 1 aliphatic rings. The Hall–Kier alpha value is -1.13. The highest BCUT2D eigenvalue weighted by atomic mass is 35.5. The Morgan fingerprint density at radius 2 is 2.35 bits per heavy atom. The van der Waals surface area contributed by atoms with Crippen LogP contribution in [0, 0.1) is 11.7 Å². The zero-order valence-corrected chi connectivity index (χ0v) is 9.97. The molecule has 0 aromatic heterocycles. The second kappa shape index (κ2) is 5.47. The lowest BCUT2D eigenvalue weighted by atomic mass is 10.0. The minimum atomic E-state index is -0.585. The summed E-state index contributed by atoms with van der Waals surface area (Å²) in [5.74, 6) is -0.859. The number of nitrogens with one attached hydrogen (secondary N) is 1. The van der Waals surface area contributed by atoms with E-state index in [0.717, 1.165) is 25.5 Å². The highest BCUT2D eigenvalue weighted by Crippen LogP contribution is 2.22. The molecule has 3 nitrogen and oxygen atoms in total. The first kappa shape index (κ1) is 12.3. The van der Waals surface area contributed by atoms with Gasteiger partial charge >= 0.3 is 5.97 Å². The van der Waals surface area contributed by atoms with E-state index >= 15 is 0 Å². The molecule has 0 amide bonds. The molecule has 5 heteroatoms. The summed E-state index contributed by atoms with van der Waals surface area (Å²) >= 11 is 5.54. The molecule has 0 saturated carbocycles. The minimum Gasteiger partial charge on any atom is -0.426 e. The lowest BCUT2D eigenvalue weighted by molar-refractivity contribution is -0.139. The molecular formula is C12H13ClFNO2. The predicted molar refractivity (Wildman–Crippen MR) is 62.6 cm³/mol. The normalized spacial score (nSPS) is 20.0. The van der Waals surface area contributed by atoms with Gasteiger partial charge in [0.1, 0.15) is 11.6 Å². The number of hydrogen-bond donors (Lipinski definition) is 1. The van der Waals surface area contributed by atoms with Gasteiger partial charge in [-0.25, -0.2) is 4.39 Å². The number of halogens is 2. The molecule has 1 N–H and O–H groups in total. The number of hydrogen-bond acceptors (Lipinski definition) is 3. The van der Waals surface area contributed by atoms with Gasteiger partial charge < -0.3 is 10.1 Å². The quantitative estimate of drug-likeness (QED) is 0.653. The third kappa shape index (κ3) is 3.17. The van der Waals surface area contributed by atoms with E-state index in [1.54, 1.807) is 0 Å². The molecule has 17 heavy (non-hydrogen) atoms. The highest BCUT2D eigenvalue weighted by molar-refractivity contribution is 6.30. The van der Waals surface area contributed by atoms with Crippen molar-refractivity contribution in [3.8, 4) is 5.75 Å². The van der Waals surface area contributed by atoms with Crippen LogP contribution in [-0.2, 0) is 4.79 Å². The van der Waals surface area contributed by atoms with Crippen LogP contribution in [0.15, 0.2) is 18.2 Å². The van der Waals surface area contributed by atoms with Gasteiger partial charge in [-0.15, -0.1) is 0 Å². The summed E-state index contributed by atoms with van der Waals surface area (Å²) in [7, 11) is 0. The van der Waals surface area contributed by atoms with Crippen LogP contribution < -0.4 is 10.1 Å². The summed E-state index contributed by atoms with van der Waals surface area (Å²) in [6, 6.07) is 3.98. The SMILES string of the molecule is O=C(Oc1ccc(Cl)c(F)c1)[C@H]1CCCNC1. The van der Waals surface area contributed by atoms with Crippen molar-refractivity contribution in [2.24, 2.45) is 5.92 Å². The van der Waals surface area contributed by atoms with Crippen molar-refractivity contribution in [2.75, 3.05) is 13.1 Å². The molecule has 1 aromatic carbocycles. The molecule has 92 valence electrons. The monoisotopic (exact) mass is 257 g/mol. The van der Waals surface area contributed by atoms with Gasteiger partial charge in [0.25, 0.3) is 0 Å². The Morgan fingerprint density at radius 3 is 3.00 bits per heavy atom. The number of ether oxygens (including phenoxy) is 1. The maximum atomic E-state index is 13.1. The first-order valence-corrected chi connectivity index (χ1v) is 5.92. The molecule has 1 fully saturated rings. The van der Waals surface area contributed by atoms with E-state index in [-0.39, 0.29) is 22.7 Å². The van der Waals surface area contributed by atoms with Gasteiger partial charge in [0.15, 0.2) is 0 Å². The molecule has 1 heterocycles. The van der Waals surface area contributed by atoms with Crippen LogP contribution in [0.3, 0.4) is 0 Å². The Balaban J connectivity index is 1.99. The molecular weight excluding hydrogens is 245 g/mol. The van der Waals surface area contributed by atoms with Gasteiger partial charge in [-0.05, 0) is 31.5 Å². The fourth-order valence-electron chi connectivity index (χ4n) is 1.79. The van der Waals surface area contributed by atoms with Gasteiger partial charge in [0.2, 0.25) is 0 Å². The Bertz CT molecular complexity index is 419. The average Bonchev–Trinajstić information content (AvgIpc) is 2.35. The standard InChI is InChI=1S/C12H13ClFNO2/c13-10-4-3-9(6-11(10)14)17-12(16)8-2-1-5-15-7-8/h3-4,6,8,15H,1-2,5,7H2/t8-/m0/s1. The summed E-state index contributed by atoms with van der Waals surface area (Å²) in [5, 5.41) is 3.14. The third-order valence-corrected chi connectivity index (χ3v) is 3.05. The topological polar surface area (TPSA) is 38.3 Å². The fraction of sp³-hybridized carbons (Fsp3) is 0.417. The van der Waals surface area contributed by atoms with Crippen LogP contribution in [0.5, 0.6) is 5.75 Å². The number of carbonyl (C=O) groups is 1. The van der Waals surface area contributed by atoms with Crippen LogP contribution in [0.1, 0.15) is 12.8 Å². The number of esters is 1. The predicted octanol–water partition coefficient (Wildman–Crippen LogP) is 2.38. The zero-order chi connectivity index (χ0) is 12.3. The van der Waals surface area contributed by atoms with Crippen LogP contribution in [0.4, 0.5) is 4.39 Å². The van der Waals surface area contributed by atoms with Crippen molar-refractivity contribution >= 4 is 17.6 Å². The van der Waals surface area contributed by atoms with Crippen molar-refractivity contribution in [1.82, 2.24) is 5.32 Å². The molecule has 1 aliphatic heterocycles. The Labute approximate surface area is 104 Å². The first-order chi connectivity index (χ1) is 8.16. The van der Waals surface area contributed by atoms with E-state index < -0.39 is 5.82 Å². The number of carbonyl (C=O) groups excluding carboxylic acids is 1. The highest BCUT2D eigenvalue weighted by Gasteiger charge is 2.22. The van der Waals surface area contributed by atoms with Crippen LogP contribution in [0.25, 0.3) is 0 Å². The fourth-order valence-corrected chi connectivity index (χ4v) is 1.91. The molecule has 1 aromatic rings. The summed E-state index contributed by atoms with van der Waals surface area (Å²) in [6.07, 6.45) is 1.76. The van der Waals surface area contributed by atoms with Crippen molar-refractivity contribution in [2.45, 2.75) is 12.8 Å². The van der Waals surface area contributed by atoms with Crippen LogP contribution >= 0.6 is 11.6 Å². The van der Waals surface area contributed by atoms with Gasteiger partial charge in [-0.1, -0.05) is 11.6 Å². The molecule has 0 aliphatic carbocycles. The summed E-state index contributed by atoms with van der Waals surface area (Å²) < 4.78 is 18.2. The maximum Gasteiger partial charge on any atom is 0.315 e. The largest absolute Gasteiger partial charge is 0.426 e. The van der Waals surface area contributed by atoms with E-state index in [1.807, 2.05) is 0 Å². The van der Waals surface area contributed by atoms with Crippen LogP contribution in [-0.4, -0.2) is 19.1 Å². The first-order valence-electron chi connectivity index (χ1n) is 5.54. The lowest BCUT2D eigenvalue weighted by Gasteiger charge is -2.20. The van der Waals surface area contributed by atoms with Crippen molar-refractivity contribution in [3.63, 3.8) is 0 Å². The minimum absolute atomic E-state index is 0.0177. The van der Waals surface area contributed by atoms with Crippen molar-refractivity contribution in [1.29, 1.82) is 0 Å². The molecule has 0 bridgehead atoms. The van der Waals surface area contributed by atoms with E-state index in [4.69, 9.17) is 16.3 Å². The average molecular weight is 258 g/mol. The van der Waals surface area contributed by atoms with E-state index in [9.17, 15) is 9.18 Å². The molecule has 0 spiro atoms. The lowest BCUT2D eigenvalue weighted by Crippen LogP contribution is -2.36. The molecule has 2 rings (SSSR count). The van der Waals surface area contributed by atoms with Gasteiger partial charge in [0, 0.05) is 12.6 Å². The van der Waals surface area contributed by atoms with Crippen molar-refractivity contribution in [3.05, 3.63) is 29.0 Å².